The number of fused-ring (bicyclic) bond motifs is 6. The molecule has 0 aliphatic heterocycles. The summed E-state index contributed by atoms with van der Waals surface area (Å²) in [5.74, 6) is 0.294. The first-order valence-corrected chi connectivity index (χ1v) is 25.8. The van der Waals surface area contributed by atoms with E-state index in [1.54, 1.807) is 18.8 Å². The fourth-order valence-corrected chi connectivity index (χ4v) is 9.91. The van der Waals surface area contributed by atoms with Gasteiger partial charge in [0, 0.05) is 73.6 Å². The fraction of sp³-hybridized carbons (Fsp3) is 0.474. The lowest BCUT2D eigenvalue weighted by Gasteiger charge is -2.22. The largest absolute Gasteiger partial charge is 0.356 e. The van der Waals surface area contributed by atoms with Gasteiger partial charge in [-0.15, -0.1) is 0 Å². The van der Waals surface area contributed by atoms with Crippen LogP contribution in [0, 0.1) is 11.8 Å². The Bertz CT molecular complexity index is 2620. The second-order valence-electron chi connectivity index (χ2n) is 15.1. The Hall–Kier alpha value is -4.42. The fourth-order valence-electron chi connectivity index (χ4n) is 7.42. The van der Waals surface area contributed by atoms with Crippen molar-refractivity contribution in [3.8, 4) is 0 Å². The Morgan fingerprint density at radius 1 is 0.797 bits per heavy atom. The molecule has 0 radical (unpaired) electrons. The van der Waals surface area contributed by atoms with Gasteiger partial charge in [-0.05, 0) is 86.8 Å². The molecule has 318 valence electrons. The number of hydrogen-bond donors (Lipinski definition) is 5. The summed E-state index contributed by atoms with van der Waals surface area (Å²) < 4.78 is 62.4. The van der Waals surface area contributed by atoms with Crippen LogP contribution in [0.4, 0.5) is 11.5 Å². The van der Waals surface area contributed by atoms with Crippen LogP contribution in [0.3, 0.4) is 0 Å². The van der Waals surface area contributed by atoms with Gasteiger partial charge < -0.3 is 30.4 Å². The van der Waals surface area contributed by atoms with E-state index in [1.807, 2.05) is 12.1 Å². The van der Waals surface area contributed by atoms with Gasteiger partial charge in [0.25, 0.3) is 0 Å². The van der Waals surface area contributed by atoms with Crippen molar-refractivity contribution < 1.29 is 35.5 Å². The normalized spacial score (nSPS) is 17.6. The predicted molar refractivity (Wildman–Crippen MR) is 228 cm³/mol. The molecule has 0 fully saturated rings. The maximum Gasteiger partial charge on any atom is 0.228 e. The number of nitrogens with one attached hydrogen (secondary N) is 5. The van der Waals surface area contributed by atoms with Gasteiger partial charge in [-0.3, -0.25) is 14.2 Å². The van der Waals surface area contributed by atoms with Crippen molar-refractivity contribution in [3.63, 3.8) is 0 Å². The van der Waals surface area contributed by atoms with Crippen LogP contribution in [-0.2, 0) is 64.0 Å². The quantitative estimate of drug-likeness (QED) is 0.0606. The van der Waals surface area contributed by atoms with E-state index in [4.69, 9.17) is 16.1 Å². The van der Waals surface area contributed by atoms with E-state index in [2.05, 4.69) is 45.9 Å². The molecule has 21 heteroatoms. The van der Waals surface area contributed by atoms with Crippen molar-refractivity contribution in [2.45, 2.75) is 51.4 Å². The highest BCUT2D eigenvalue weighted by molar-refractivity contribution is 7.90. The van der Waals surface area contributed by atoms with Gasteiger partial charge in [0.1, 0.15) is 54.6 Å². The standard InChI is InChI=1S/C23H30N5O5PS.C15H19ClN4O3S/c1-33-34(2,30)17-8-6-16(7-9-17)27-21-20-18-13-15(23(29)24-11-4-12-35(3,31)32)5-10-19(18)28-22(20)26-14-25-21;1-24(22,23)6-2-5-17-15(21)9-3-4-11-10(7-9)12-13(16)18-8-19-14(12)20-11/h6-9,14-15H,4-5,10-13H2,1-3H3,(H,24,29)(H2,25,26,27,28);8-9H,2-7H2,1H3,(H,17,21)(H,18,19,20). The zero-order valence-corrected chi connectivity index (χ0v) is 36.6. The summed E-state index contributed by atoms with van der Waals surface area (Å²) in [5, 5.41) is 11.7. The summed E-state index contributed by atoms with van der Waals surface area (Å²) in [6.45, 7) is 2.28. The van der Waals surface area contributed by atoms with E-state index >= 15 is 0 Å². The zero-order chi connectivity index (χ0) is 42.5. The summed E-state index contributed by atoms with van der Waals surface area (Å²) in [6.07, 6.45) is 10.1. The molecular formula is C38H49ClN9O8PS2. The summed E-state index contributed by atoms with van der Waals surface area (Å²) in [6, 6.07) is 7.18. The number of hydrogen-bond acceptors (Lipinski definition) is 13. The van der Waals surface area contributed by atoms with Gasteiger partial charge in [-0.2, -0.15) is 0 Å². The maximum atomic E-state index is 12.8. The van der Waals surface area contributed by atoms with Crippen LogP contribution in [0.2, 0.25) is 5.15 Å². The Balaban J connectivity index is 0.000000213. The number of aromatic nitrogens is 6. The Morgan fingerprint density at radius 2 is 1.29 bits per heavy atom. The number of benzene rings is 1. The highest BCUT2D eigenvalue weighted by Crippen LogP contribution is 2.41. The van der Waals surface area contributed by atoms with E-state index in [1.165, 1.54) is 32.3 Å². The van der Waals surface area contributed by atoms with Crippen LogP contribution in [0.1, 0.15) is 48.2 Å². The van der Waals surface area contributed by atoms with E-state index in [-0.39, 0.29) is 35.2 Å². The number of carbonyl (C=O) groups excluding carboxylic acids is 2. The first kappa shape index (κ1) is 44.1. The lowest BCUT2D eigenvalue weighted by atomic mass is 9.86. The van der Waals surface area contributed by atoms with Crippen molar-refractivity contribution in [2.75, 3.05) is 56.2 Å². The highest BCUT2D eigenvalue weighted by atomic mass is 35.5. The Labute approximate surface area is 348 Å². The number of amides is 2. The van der Waals surface area contributed by atoms with Crippen LogP contribution >= 0.6 is 19.0 Å². The van der Waals surface area contributed by atoms with E-state index < -0.39 is 27.0 Å². The molecule has 4 aromatic heterocycles. The zero-order valence-electron chi connectivity index (χ0n) is 33.3. The molecule has 2 aliphatic rings. The Morgan fingerprint density at radius 3 is 1.80 bits per heavy atom. The molecule has 5 N–H and O–H groups in total. The number of anilines is 2. The van der Waals surface area contributed by atoms with Gasteiger partial charge >= 0.3 is 0 Å². The third kappa shape index (κ3) is 11.2. The molecule has 7 rings (SSSR count). The highest BCUT2D eigenvalue weighted by Gasteiger charge is 2.30. The first-order chi connectivity index (χ1) is 27.9. The summed E-state index contributed by atoms with van der Waals surface area (Å²) >= 11 is 6.18. The number of aryl methyl sites for hydroxylation is 2. The molecule has 1 aromatic carbocycles. The lowest BCUT2D eigenvalue weighted by molar-refractivity contribution is -0.126. The van der Waals surface area contributed by atoms with Gasteiger partial charge in [0.15, 0.2) is 0 Å². The van der Waals surface area contributed by atoms with Gasteiger partial charge in [0.2, 0.25) is 19.2 Å². The third-order valence-electron chi connectivity index (χ3n) is 10.6. The molecule has 0 bridgehead atoms. The second kappa shape index (κ2) is 18.5. The molecule has 0 spiro atoms. The van der Waals surface area contributed by atoms with Crippen molar-refractivity contribution in [2.24, 2.45) is 11.8 Å². The van der Waals surface area contributed by atoms with Crippen LogP contribution in [0.15, 0.2) is 36.9 Å². The number of nitrogens with zero attached hydrogens (tertiary/aromatic N) is 4. The van der Waals surface area contributed by atoms with Gasteiger partial charge in [-0.1, -0.05) is 11.6 Å². The van der Waals surface area contributed by atoms with Crippen molar-refractivity contribution in [3.05, 3.63) is 64.6 Å². The van der Waals surface area contributed by atoms with Crippen molar-refractivity contribution in [1.29, 1.82) is 0 Å². The molecule has 3 atom stereocenters. The molecule has 17 nitrogen and oxygen atoms in total. The third-order valence-corrected chi connectivity index (χ3v) is 14.9. The number of sulfone groups is 2. The summed E-state index contributed by atoms with van der Waals surface area (Å²) in [5.41, 5.74) is 6.32. The van der Waals surface area contributed by atoms with Crippen LogP contribution in [0.5, 0.6) is 0 Å². The number of rotatable bonds is 14. The molecule has 4 heterocycles. The van der Waals surface area contributed by atoms with Crippen molar-refractivity contribution >= 4 is 89.3 Å². The average molecular weight is 890 g/mol. The Kier molecular flexibility index (Phi) is 13.8. The smallest absolute Gasteiger partial charge is 0.228 e. The molecule has 5 aromatic rings. The van der Waals surface area contributed by atoms with Crippen molar-refractivity contribution in [1.82, 2.24) is 40.5 Å². The number of aromatic amines is 2. The lowest BCUT2D eigenvalue weighted by Crippen LogP contribution is -2.35. The minimum absolute atomic E-state index is 0.0449. The van der Waals surface area contributed by atoms with Gasteiger partial charge in [-0.25, -0.2) is 36.8 Å². The molecular weight excluding hydrogens is 841 g/mol. The molecule has 2 amide bonds. The van der Waals surface area contributed by atoms with Crippen LogP contribution in [-0.4, -0.2) is 109 Å². The molecule has 59 heavy (non-hydrogen) atoms. The number of carbonyl (C=O) groups is 2. The number of H-pyrrole nitrogens is 2. The number of halogens is 1. The molecule has 0 saturated heterocycles. The second-order valence-corrected chi connectivity index (χ2v) is 22.6. The van der Waals surface area contributed by atoms with E-state index in [0.717, 1.165) is 51.8 Å². The SMILES string of the molecule is COP(C)(=O)c1ccc(Nc2ncnc3[nH]c4c(c23)CC(C(=O)NCCCS(C)(=O)=O)CC4)cc1.CS(=O)(=O)CCCNC(=O)C1CCc2[nH]c3ncnc(Cl)c3c2C1. The predicted octanol–water partition coefficient (Wildman–Crippen LogP) is 3.80. The van der Waals surface area contributed by atoms with E-state index in [9.17, 15) is 31.0 Å². The minimum atomic E-state index is -3.04. The summed E-state index contributed by atoms with van der Waals surface area (Å²) in [4.78, 5) is 48.7. The van der Waals surface area contributed by atoms with E-state index in [0.29, 0.717) is 79.2 Å². The maximum absolute atomic E-state index is 12.8. The topological polar surface area (TPSA) is 248 Å². The first-order valence-electron chi connectivity index (χ1n) is 19.2. The van der Waals surface area contributed by atoms with Gasteiger partial charge in [0.05, 0.1) is 22.3 Å². The molecule has 3 unspecified atom stereocenters. The monoisotopic (exact) mass is 889 g/mol. The average Bonchev–Trinajstić information content (AvgIpc) is 3.76. The minimum Gasteiger partial charge on any atom is -0.356 e. The summed E-state index contributed by atoms with van der Waals surface area (Å²) in [7, 11) is -7.44. The van der Waals surface area contributed by atoms with Crippen LogP contribution in [0.25, 0.3) is 22.1 Å². The molecule has 2 aliphatic carbocycles. The van der Waals surface area contributed by atoms with Crippen LogP contribution < -0.4 is 21.3 Å². The molecule has 0 saturated carbocycles.